The van der Waals surface area contributed by atoms with Gasteiger partial charge in [0.25, 0.3) is 0 Å². The number of carbonyl (C=O) groups is 1. The van der Waals surface area contributed by atoms with E-state index < -0.39 is 5.97 Å². The third kappa shape index (κ3) is 3.71. The van der Waals surface area contributed by atoms with Crippen molar-refractivity contribution in [2.45, 2.75) is 32.2 Å². The predicted octanol–water partition coefficient (Wildman–Crippen LogP) is 3.59. The predicted molar refractivity (Wildman–Crippen MR) is 76.4 cm³/mol. The van der Waals surface area contributed by atoms with E-state index in [4.69, 9.17) is 16.7 Å². The van der Waals surface area contributed by atoms with Gasteiger partial charge >= 0.3 is 5.97 Å². The molecule has 2 atom stereocenters. The number of rotatable bonds is 5. The van der Waals surface area contributed by atoms with E-state index in [9.17, 15) is 4.79 Å². The van der Waals surface area contributed by atoms with Gasteiger partial charge in [0.05, 0.1) is 0 Å². The van der Waals surface area contributed by atoms with Crippen molar-refractivity contribution in [3.63, 3.8) is 0 Å². The Labute approximate surface area is 119 Å². The van der Waals surface area contributed by atoms with Crippen LogP contribution in [0.1, 0.15) is 37.8 Å². The summed E-state index contributed by atoms with van der Waals surface area (Å²) in [6, 6.07) is 8.24. The van der Waals surface area contributed by atoms with Gasteiger partial charge in [-0.1, -0.05) is 29.8 Å². The molecule has 0 aliphatic carbocycles. The summed E-state index contributed by atoms with van der Waals surface area (Å²) in [5.41, 5.74) is 1.16. The summed E-state index contributed by atoms with van der Waals surface area (Å²) >= 11 is 6.23. The molecule has 0 radical (unpaired) electrons. The maximum Gasteiger partial charge on any atom is 0.303 e. The molecule has 0 amide bonds. The summed E-state index contributed by atoms with van der Waals surface area (Å²) in [5.74, 6) is -0.196. The molecular formula is C15H20ClNO2. The van der Waals surface area contributed by atoms with Crippen LogP contribution in [-0.4, -0.2) is 29.1 Å². The van der Waals surface area contributed by atoms with E-state index in [1.807, 2.05) is 18.2 Å². The van der Waals surface area contributed by atoms with Crippen molar-refractivity contribution in [1.29, 1.82) is 0 Å². The van der Waals surface area contributed by atoms with Crippen molar-refractivity contribution in [3.8, 4) is 0 Å². The summed E-state index contributed by atoms with van der Waals surface area (Å²) in [5, 5.41) is 9.54. The van der Waals surface area contributed by atoms with E-state index in [1.165, 1.54) is 0 Å². The fraction of sp³-hybridized carbons (Fsp3) is 0.533. The van der Waals surface area contributed by atoms with Crippen LogP contribution in [-0.2, 0) is 4.79 Å². The zero-order valence-electron chi connectivity index (χ0n) is 11.2. The Morgan fingerprint density at radius 3 is 2.95 bits per heavy atom. The van der Waals surface area contributed by atoms with E-state index >= 15 is 0 Å². The lowest BCUT2D eigenvalue weighted by Crippen LogP contribution is -2.24. The second-order valence-corrected chi connectivity index (χ2v) is 5.69. The second kappa shape index (κ2) is 6.40. The Morgan fingerprint density at radius 2 is 2.26 bits per heavy atom. The molecule has 0 aromatic heterocycles. The third-order valence-corrected chi connectivity index (χ3v) is 4.33. The highest BCUT2D eigenvalue weighted by Gasteiger charge is 2.27. The van der Waals surface area contributed by atoms with Crippen molar-refractivity contribution in [1.82, 2.24) is 4.90 Å². The van der Waals surface area contributed by atoms with Gasteiger partial charge in [0.1, 0.15) is 0 Å². The fourth-order valence-corrected chi connectivity index (χ4v) is 3.08. The molecule has 2 rings (SSSR count). The molecule has 0 saturated carbocycles. The van der Waals surface area contributed by atoms with Crippen LogP contribution in [0.4, 0.5) is 0 Å². The quantitative estimate of drug-likeness (QED) is 0.897. The van der Waals surface area contributed by atoms with Crippen LogP contribution in [0.2, 0.25) is 5.02 Å². The number of carboxylic acids is 1. The highest BCUT2D eigenvalue weighted by Crippen LogP contribution is 2.32. The Hall–Kier alpha value is -1.06. The summed E-state index contributed by atoms with van der Waals surface area (Å²) in [7, 11) is 0. The summed E-state index contributed by atoms with van der Waals surface area (Å²) in [4.78, 5) is 13.0. The van der Waals surface area contributed by atoms with Crippen molar-refractivity contribution in [2.75, 3.05) is 13.1 Å². The SMILES string of the molecule is CC(c1ccccc1Cl)N1CCC(CCC(=O)O)C1. The molecule has 104 valence electrons. The summed E-state index contributed by atoms with van der Waals surface area (Å²) in [6.45, 7) is 4.16. The van der Waals surface area contributed by atoms with Gasteiger partial charge in [-0.05, 0) is 43.9 Å². The molecule has 0 spiro atoms. The van der Waals surface area contributed by atoms with Gasteiger partial charge in [0.15, 0.2) is 0 Å². The van der Waals surface area contributed by atoms with Gasteiger partial charge in [-0.2, -0.15) is 0 Å². The topological polar surface area (TPSA) is 40.5 Å². The van der Waals surface area contributed by atoms with Gasteiger partial charge in [-0.3, -0.25) is 9.69 Å². The number of benzene rings is 1. The molecule has 1 saturated heterocycles. The standard InChI is InChI=1S/C15H20ClNO2/c1-11(13-4-2-3-5-14(13)16)17-9-8-12(10-17)6-7-15(18)19/h2-5,11-12H,6-10H2,1H3,(H,18,19). The number of carboxylic acid groups (broad SMARTS) is 1. The maximum atomic E-state index is 10.6. The molecule has 1 N–H and O–H groups in total. The molecular weight excluding hydrogens is 262 g/mol. The van der Waals surface area contributed by atoms with Crippen LogP contribution < -0.4 is 0 Å². The largest absolute Gasteiger partial charge is 0.481 e. The van der Waals surface area contributed by atoms with Crippen molar-refractivity contribution in [2.24, 2.45) is 5.92 Å². The molecule has 1 aromatic carbocycles. The average molecular weight is 282 g/mol. The number of nitrogens with zero attached hydrogens (tertiary/aromatic N) is 1. The first-order chi connectivity index (χ1) is 9.08. The maximum absolute atomic E-state index is 10.6. The average Bonchev–Trinajstić information content (AvgIpc) is 2.85. The zero-order valence-corrected chi connectivity index (χ0v) is 11.9. The Morgan fingerprint density at radius 1 is 1.53 bits per heavy atom. The molecule has 1 fully saturated rings. The van der Waals surface area contributed by atoms with Crippen molar-refractivity contribution in [3.05, 3.63) is 34.9 Å². The highest BCUT2D eigenvalue weighted by molar-refractivity contribution is 6.31. The molecule has 3 nitrogen and oxygen atoms in total. The molecule has 1 aromatic rings. The van der Waals surface area contributed by atoms with Crippen LogP contribution >= 0.6 is 11.6 Å². The van der Waals surface area contributed by atoms with E-state index in [0.29, 0.717) is 12.0 Å². The van der Waals surface area contributed by atoms with Crippen LogP contribution in [0.15, 0.2) is 24.3 Å². The number of hydrogen-bond acceptors (Lipinski definition) is 2. The van der Waals surface area contributed by atoms with E-state index in [2.05, 4.69) is 17.9 Å². The number of halogens is 1. The zero-order chi connectivity index (χ0) is 13.8. The molecule has 1 aliphatic rings. The van der Waals surface area contributed by atoms with Crippen molar-refractivity contribution >= 4 is 17.6 Å². The summed E-state index contributed by atoms with van der Waals surface area (Å²) < 4.78 is 0. The van der Waals surface area contributed by atoms with Crippen molar-refractivity contribution < 1.29 is 9.90 Å². The lowest BCUT2D eigenvalue weighted by molar-refractivity contribution is -0.137. The molecule has 1 aliphatic heterocycles. The lowest BCUT2D eigenvalue weighted by Gasteiger charge is -2.25. The van der Waals surface area contributed by atoms with E-state index in [1.54, 1.807) is 0 Å². The Bertz CT molecular complexity index is 450. The Balaban J connectivity index is 1.93. The van der Waals surface area contributed by atoms with E-state index in [0.717, 1.165) is 36.5 Å². The second-order valence-electron chi connectivity index (χ2n) is 5.28. The van der Waals surface area contributed by atoms with Crippen LogP contribution in [0.3, 0.4) is 0 Å². The number of aliphatic carboxylic acids is 1. The highest BCUT2D eigenvalue weighted by atomic mass is 35.5. The normalized spacial score (nSPS) is 21.5. The van der Waals surface area contributed by atoms with Crippen LogP contribution in [0, 0.1) is 5.92 Å². The van der Waals surface area contributed by atoms with Crippen LogP contribution in [0.5, 0.6) is 0 Å². The first-order valence-corrected chi connectivity index (χ1v) is 7.16. The molecule has 19 heavy (non-hydrogen) atoms. The first kappa shape index (κ1) is 14.4. The number of likely N-dealkylation sites (tertiary alicyclic amines) is 1. The molecule has 2 unspecified atom stereocenters. The monoisotopic (exact) mass is 281 g/mol. The minimum Gasteiger partial charge on any atom is -0.481 e. The number of hydrogen-bond donors (Lipinski definition) is 1. The van der Waals surface area contributed by atoms with E-state index in [-0.39, 0.29) is 6.42 Å². The third-order valence-electron chi connectivity index (χ3n) is 3.99. The van der Waals surface area contributed by atoms with Gasteiger partial charge < -0.3 is 5.11 Å². The fourth-order valence-electron chi connectivity index (χ4n) is 2.79. The summed E-state index contributed by atoms with van der Waals surface area (Å²) in [6.07, 6.45) is 2.14. The van der Waals surface area contributed by atoms with Gasteiger partial charge in [0.2, 0.25) is 0 Å². The minimum atomic E-state index is -0.697. The lowest BCUT2D eigenvalue weighted by atomic mass is 10.0. The molecule has 1 heterocycles. The smallest absolute Gasteiger partial charge is 0.303 e. The van der Waals surface area contributed by atoms with Gasteiger partial charge in [-0.15, -0.1) is 0 Å². The minimum absolute atomic E-state index is 0.277. The molecule has 4 heteroatoms. The van der Waals surface area contributed by atoms with Gasteiger partial charge in [0, 0.05) is 24.0 Å². The molecule has 0 bridgehead atoms. The van der Waals surface area contributed by atoms with Crippen LogP contribution in [0.25, 0.3) is 0 Å². The Kier molecular flexibility index (Phi) is 4.83. The van der Waals surface area contributed by atoms with Gasteiger partial charge in [-0.25, -0.2) is 0 Å². The first-order valence-electron chi connectivity index (χ1n) is 6.78.